The van der Waals surface area contributed by atoms with Crippen LogP contribution < -0.4 is 5.56 Å². The molecule has 5 rings (SSSR count). The number of rotatable bonds is 9. The Kier molecular flexibility index (Phi) is 5.49. The summed E-state index contributed by atoms with van der Waals surface area (Å²) in [5.74, 6) is 2.29. The highest BCUT2D eigenvalue weighted by Gasteiger charge is 2.18. The van der Waals surface area contributed by atoms with Crippen molar-refractivity contribution in [1.82, 2.24) is 39.3 Å². The standard InChI is InChI=1S/C22H24N8O2/c1-2-3-7-13-29-20-18(23-14-24-20)21(31)30-16(26-27-22(29)30)11-8-12-17-25-19(28-32-17)15-9-5-4-6-10-15/h4-6,9-10,14H,2-3,7-8,11-13H2,1H3,(H,23,24). The van der Waals surface area contributed by atoms with Crippen molar-refractivity contribution in [1.29, 1.82) is 0 Å². The summed E-state index contributed by atoms with van der Waals surface area (Å²) >= 11 is 0. The predicted octanol–water partition coefficient (Wildman–Crippen LogP) is 3.18. The molecule has 0 saturated heterocycles. The van der Waals surface area contributed by atoms with Gasteiger partial charge in [-0.1, -0.05) is 55.3 Å². The Morgan fingerprint density at radius 2 is 1.94 bits per heavy atom. The van der Waals surface area contributed by atoms with Gasteiger partial charge >= 0.3 is 0 Å². The van der Waals surface area contributed by atoms with Crippen molar-refractivity contribution in [2.45, 2.75) is 52.0 Å². The molecule has 4 heterocycles. The number of fused-ring (bicyclic) bond motifs is 2. The number of unbranched alkanes of at least 4 members (excludes halogenated alkanes) is 2. The summed E-state index contributed by atoms with van der Waals surface area (Å²) in [4.78, 5) is 24.9. The van der Waals surface area contributed by atoms with Crippen LogP contribution in [0, 0.1) is 0 Å². The molecule has 0 aliphatic carbocycles. The molecule has 1 aromatic carbocycles. The molecule has 0 spiro atoms. The molecule has 10 heteroatoms. The Labute approximate surface area is 183 Å². The Balaban J connectivity index is 1.37. The highest BCUT2D eigenvalue weighted by molar-refractivity contribution is 5.72. The first-order chi connectivity index (χ1) is 15.8. The average molecular weight is 432 g/mol. The molecule has 0 aliphatic rings. The third-order valence-electron chi connectivity index (χ3n) is 5.52. The minimum Gasteiger partial charge on any atom is -0.339 e. The van der Waals surface area contributed by atoms with Gasteiger partial charge in [-0.2, -0.15) is 4.98 Å². The van der Waals surface area contributed by atoms with E-state index in [0.717, 1.165) is 31.4 Å². The summed E-state index contributed by atoms with van der Waals surface area (Å²) in [5, 5.41) is 12.7. The van der Waals surface area contributed by atoms with E-state index in [1.807, 2.05) is 34.9 Å². The van der Waals surface area contributed by atoms with Crippen molar-refractivity contribution in [3.8, 4) is 11.4 Å². The van der Waals surface area contributed by atoms with Gasteiger partial charge in [-0.05, 0) is 12.8 Å². The molecule has 0 amide bonds. The van der Waals surface area contributed by atoms with E-state index >= 15 is 0 Å². The maximum atomic E-state index is 13.1. The van der Waals surface area contributed by atoms with Gasteiger partial charge in [0, 0.05) is 24.9 Å². The maximum absolute atomic E-state index is 13.1. The first-order valence-electron chi connectivity index (χ1n) is 10.9. The fourth-order valence-electron chi connectivity index (χ4n) is 3.89. The van der Waals surface area contributed by atoms with Crippen molar-refractivity contribution < 1.29 is 4.52 Å². The van der Waals surface area contributed by atoms with E-state index in [4.69, 9.17) is 4.52 Å². The fourth-order valence-corrected chi connectivity index (χ4v) is 3.89. The van der Waals surface area contributed by atoms with Crippen LogP contribution >= 0.6 is 0 Å². The summed E-state index contributed by atoms with van der Waals surface area (Å²) < 4.78 is 8.96. The van der Waals surface area contributed by atoms with Gasteiger partial charge in [-0.25, -0.2) is 9.38 Å². The van der Waals surface area contributed by atoms with Gasteiger partial charge in [0.1, 0.15) is 11.3 Å². The van der Waals surface area contributed by atoms with Crippen LogP contribution in [0.3, 0.4) is 0 Å². The van der Waals surface area contributed by atoms with E-state index in [-0.39, 0.29) is 5.56 Å². The Hall–Kier alpha value is -3.82. The van der Waals surface area contributed by atoms with Crippen LogP contribution in [-0.4, -0.2) is 39.3 Å². The third kappa shape index (κ3) is 3.68. The molecular formula is C22H24N8O2. The molecule has 0 atom stereocenters. The molecular weight excluding hydrogens is 408 g/mol. The Morgan fingerprint density at radius 1 is 1.06 bits per heavy atom. The largest absolute Gasteiger partial charge is 0.339 e. The minimum absolute atomic E-state index is 0.177. The van der Waals surface area contributed by atoms with E-state index in [1.165, 1.54) is 0 Å². The Morgan fingerprint density at radius 3 is 2.78 bits per heavy atom. The number of hydrogen-bond donors (Lipinski definition) is 1. The van der Waals surface area contributed by atoms with Gasteiger partial charge in [-0.3, -0.25) is 9.36 Å². The predicted molar refractivity (Wildman–Crippen MR) is 118 cm³/mol. The minimum atomic E-state index is -0.177. The van der Waals surface area contributed by atoms with Gasteiger partial charge < -0.3 is 9.51 Å². The van der Waals surface area contributed by atoms with E-state index in [0.29, 0.717) is 53.7 Å². The smallest absolute Gasteiger partial charge is 0.286 e. The van der Waals surface area contributed by atoms with Gasteiger partial charge in [0.05, 0.1) is 6.33 Å². The van der Waals surface area contributed by atoms with Crippen LogP contribution in [0.2, 0.25) is 0 Å². The number of nitrogens with one attached hydrogen (secondary N) is 1. The van der Waals surface area contributed by atoms with Gasteiger partial charge in [0.2, 0.25) is 17.5 Å². The molecule has 10 nitrogen and oxygen atoms in total. The van der Waals surface area contributed by atoms with Crippen LogP contribution in [0.4, 0.5) is 0 Å². The number of aromatic nitrogens is 8. The van der Waals surface area contributed by atoms with E-state index < -0.39 is 0 Å². The second-order valence-electron chi connectivity index (χ2n) is 7.75. The molecule has 32 heavy (non-hydrogen) atoms. The summed E-state index contributed by atoms with van der Waals surface area (Å²) in [6, 6.07) is 9.71. The molecule has 1 N–H and O–H groups in total. The van der Waals surface area contributed by atoms with Crippen molar-refractivity contribution in [3.63, 3.8) is 0 Å². The molecule has 0 saturated carbocycles. The molecule has 0 aliphatic heterocycles. The lowest BCUT2D eigenvalue weighted by Gasteiger charge is -2.09. The number of benzene rings is 1. The molecule has 0 bridgehead atoms. The van der Waals surface area contributed by atoms with Crippen molar-refractivity contribution in [2.24, 2.45) is 0 Å². The van der Waals surface area contributed by atoms with Gasteiger partial charge in [0.25, 0.3) is 5.56 Å². The van der Waals surface area contributed by atoms with Gasteiger partial charge in [0.15, 0.2) is 5.65 Å². The van der Waals surface area contributed by atoms with E-state index in [1.54, 1.807) is 10.7 Å². The SMILES string of the molecule is CCCCCn1c2nc[nH]c2c(=O)n2c(CCCc3nc(-c4ccccc4)no3)nnc12. The molecule has 0 fully saturated rings. The summed E-state index contributed by atoms with van der Waals surface area (Å²) in [6.07, 6.45) is 6.60. The molecule has 4 aromatic heterocycles. The summed E-state index contributed by atoms with van der Waals surface area (Å²) in [6.45, 7) is 2.90. The zero-order valence-corrected chi connectivity index (χ0v) is 17.9. The number of hydrogen-bond acceptors (Lipinski definition) is 7. The molecule has 5 aromatic rings. The first-order valence-corrected chi connectivity index (χ1v) is 10.9. The highest BCUT2D eigenvalue weighted by atomic mass is 16.5. The second-order valence-corrected chi connectivity index (χ2v) is 7.75. The number of imidazole rings is 1. The lowest BCUT2D eigenvalue weighted by molar-refractivity contribution is 0.375. The normalized spacial score (nSPS) is 11.7. The topological polar surface area (TPSA) is 120 Å². The lowest BCUT2D eigenvalue weighted by Crippen LogP contribution is -2.21. The van der Waals surface area contributed by atoms with Gasteiger partial charge in [-0.15, -0.1) is 10.2 Å². The molecule has 0 unspecified atom stereocenters. The summed E-state index contributed by atoms with van der Waals surface area (Å²) in [5.41, 5.74) is 1.83. The number of aryl methyl sites for hydroxylation is 3. The summed E-state index contributed by atoms with van der Waals surface area (Å²) in [7, 11) is 0. The van der Waals surface area contributed by atoms with E-state index in [2.05, 4.69) is 37.2 Å². The van der Waals surface area contributed by atoms with Crippen LogP contribution in [0.5, 0.6) is 0 Å². The maximum Gasteiger partial charge on any atom is 0.286 e. The molecule has 0 radical (unpaired) electrons. The monoisotopic (exact) mass is 432 g/mol. The zero-order valence-electron chi connectivity index (χ0n) is 17.9. The van der Waals surface area contributed by atoms with Crippen LogP contribution in [0.1, 0.15) is 44.3 Å². The number of aromatic amines is 1. The zero-order chi connectivity index (χ0) is 21.9. The van der Waals surface area contributed by atoms with Crippen LogP contribution in [-0.2, 0) is 19.4 Å². The third-order valence-corrected chi connectivity index (χ3v) is 5.52. The highest BCUT2D eigenvalue weighted by Crippen LogP contribution is 2.17. The van der Waals surface area contributed by atoms with Crippen molar-refractivity contribution in [2.75, 3.05) is 0 Å². The number of nitrogens with zero attached hydrogens (tertiary/aromatic N) is 7. The Bertz CT molecular complexity index is 1400. The van der Waals surface area contributed by atoms with Crippen molar-refractivity contribution >= 4 is 16.9 Å². The fraction of sp³-hybridized carbons (Fsp3) is 0.364. The second kappa shape index (κ2) is 8.74. The average Bonchev–Trinajstić information content (AvgIpc) is 3.57. The lowest BCUT2D eigenvalue weighted by atomic mass is 10.2. The first kappa shape index (κ1) is 20.1. The van der Waals surface area contributed by atoms with Crippen molar-refractivity contribution in [3.05, 3.63) is 58.7 Å². The van der Waals surface area contributed by atoms with Crippen LogP contribution in [0.15, 0.2) is 46.0 Å². The van der Waals surface area contributed by atoms with Crippen LogP contribution in [0.25, 0.3) is 28.3 Å². The van der Waals surface area contributed by atoms with E-state index in [9.17, 15) is 4.79 Å². The quantitative estimate of drug-likeness (QED) is 0.355. The molecule has 164 valence electrons. The number of H-pyrrole nitrogens is 1.